The van der Waals surface area contributed by atoms with E-state index in [1.165, 1.54) is 39.9 Å². The number of carbonyl (C=O) groups excluding carboxylic acids is 2. The van der Waals surface area contributed by atoms with Crippen LogP contribution in [0, 0.1) is 0 Å². The maximum absolute atomic E-state index is 12.5. The lowest BCUT2D eigenvalue weighted by Gasteiger charge is -2.20. The summed E-state index contributed by atoms with van der Waals surface area (Å²) >= 11 is 0. The molecule has 0 N–H and O–H groups in total. The van der Waals surface area contributed by atoms with Crippen LogP contribution in [0.1, 0.15) is 64.7 Å². The maximum atomic E-state index is 12.5. The third-order valence-electron chi connectivity index (χ3n) is 4.62. The van der Waals surface area contributed by atoms with Crippen LogP contribution in [-0.4, -0.2) is 39.5 Å². The molecule has 0 aliphatic heterocycles. The minimum absolute atomic E-state index is 0.0159. The Kier molecular flexibility index (Phi) is 10.2. The highest BCUT2D eigenvalue weighted by Crippen LogP contribution is 2.28. The highest BCUT2D eigenvalue weighted by atomic mass is 16.5. The van der Waals surface area contributed by atoms with Crippen LogP contribution in [0.2, 0.25) is 0 Å². The Morgan fingerprint density at radius 1 is 0.680 bits per heavy atom. The molecule has 142 valence electrons. The molecule has 0 atom stereocenters. The fourth-order valence-electron chi connectivity index (χ4n) is 3.10. The molecule has 0 aromatic rings. The van der Waals surface area contributed by atoms with E-state index in [9.17, 15) is 9.59 Å². The van der Waals surface area contributed by atoms with Crippen molar-refractivity contribution in [3.05, 3.63) is 22.7 Å². The zero-order valence-corrected chi connectivity index (χ0v) is 16.1. The maximum Gasteiger partial charge on any atom is 0.228 e. The molecule has 0 bridgehead atoms. The van der Waals surface area contributed by atoms with E-state index >= 15 is 0 Å². The largest absolute Gasteiger partial charge is 0.489 e. The second kappa shape index (κ2) is 11.9. The Balaban J connectivity index is 2.34. The quantitative estimate of drug-likeness (QED) is 0.369. The number of methoxy groups -OCH3 is 3. The summed E-state index contributed by atoms with van der Waals surface area (Å²) < 4.78 is 15.2. The lowest BCUT2D eigenvalue weighted by atomic mass is 9.89. The molecular formula is C20H32O5. The van der Waals surface area contributed by atoms with E-state index in [1.807, 2.05) is 0 Å². The molecule has 0 amide bonds. The molecule has 0 fully saturated rings. The number of ether oxygens (including phenoxy) is 3. The van der Waals surface area contributed by atoms with Crippen molar-refractivity contribution in [3.8, 4) is 0 Å². The smallest absolute Gasteiger partial charge is 0.228 e. The lowest BCUT2D eigenvalue weighted by Crippen LogP contribution is -2.25. The molecule has 0 saturated heterocycles. The second-order valence-corrected chi connectivity index (χ2v) is 6.40. The van der Waals surface area contributed by atoms with Crippen LogP contribution in [-0.2, 0) is 23.8 Å². The number of hydrogen-bond acceptors (Lipinski definition) is 5. The first-order valence-corrected chi connectivity index (χ1v) is 9.18. The van der Waals surface area contributed by atoms with Gasteiger partial charge < -0.3 is 14.2 Å². The number of carbonyl (C=O) groups is 2. The van der Waals surface area contributed by atoms with Gasteiger partial charge in [-0.3, -0.25) is 9.59 Å². The Morgan fingerprint density at radius 2 is 1.16 bits per heavy atom. The van der Waals surface area contributed by atoms with Gasteiger partial charge in [-0.2, -0.15) is 0 Å². The van der Waals surface area contributed by atoms with Crippen LogP contribution in [0.5, 0.6) is 0 Å². The van der Waals surface area contributed by atoms with E-state index in [2.05, 4.69) is 0 Å². The van der Waals surface area contributed by atoms with Crippen molar-refractivity contribution in [2.75, 3.05) is 27.9 Å². The van der Waals surface area contributed by atoms with Crippen LogP contribution in [0.3, 0.4) is 0 Å². The number of hydrogen-bond donors (Lipinski definition) is 0. The molecular weight excluding hydrogens is 320 g/mol. The molecule has 0 radical (unpaired) electrons. The van der Waals surface area contributed by atoms with Crippen molar-refractivity contribution in [2.24, 2.45) is 0 Å². The fourth-order valence-corrected chi connectivity index (χ4v) is 3.10. The van der Waals surface area contributed by atoms with Gasteiger partial charge in [-0.05, 0) is 26.2 Å². The average Bonchev–Trinajstić information content (AvgIpc) is 2.61. The summed E-state index contributed by atoms with van der Waals surface area (Å²) in [6.45, 7) is 2.55. The zero-order valence-electron chi connectivity index (χ0n) is 16.1. The predicted octanol–water partition coefficient (Wildman–Crippen LogP) is 4.12. The van der Waals surface area contributed by atoms with Gasteiger partial charge in [0, 0.05) is 24.9 Å². The van der Waals surface area contributed by atoms with Gasteiger partial charge in [0.15, 0.2) is 0 Å². The van der Waals surface area contributed by atoms with Crippen molar-refractivity contribution in [2.45, 2.75) is 64.7 Å². The van der Waals surface area contributed by atoms with Gasteiger partial charge in [0.2, 0.25) is 23.1 Å². The van der Waals surface area contributed by atoms with Gasteiger partial charge in [0.1, 0.15) is 0 Å². The minimum atomic E-state index is -0.245. The summed E-state index contributed by atoms with van der Waals surface area (Å²) in [5.74, 6) is -0.411. The first-order valence-electron chi connectivity index (χ1n) is 9.18. The number of unbranched alkanes of at least 4 members (excludes halogenated alkanes) is 7. The molecule has 5 nitrogen and oxygen atoms in total. The van der Waals surface area contributed by atoms with Crippen LogP contribution in [0.25, 0.3) is 0 Å². The third kappa shape index (κ3) is 6.31. The molecule has 0 saturated carbocycles. The molecule has 1 aliphatic rings. The minimum Gasteiger partial charge on any atom is -0.489 e. The van der Waals surface area contributed by atoms with Gasteiger partial charge in [-0.1, -0.05) is 38.5 Å². The second-order valence-electron chi connectivity index (χ2n) is 6.40. The summed E-state index contributed by atoms with van der Waals surface area (Å²) in [4.78, 5) is 24.8. The Morgan fingerprint density at radius 3 is 1.68 bits per heavy atom. The molecule has 0 aromatic carbocycles. The summed E-state index contributed by atoms with van der Waals surface area (Å²) in [7, 11) is 4.51. The Labute approximate surface area is 151 Å². The number of Topliss-reactive ketones (excluding diaryl/α,β-unsaturated/α-hetero) is 2. The average molecular weight is 352 g/mol. The SMILES string of the molecule is COCCCCCCCCCCC1=C(C)C(=O)C(OC)=C(OC)C1=O. The highest BCUT2D eigenvalue weighted by molar-refractivity contribution is 6.23. The molecule has 0 aromatic heterocycles. The van der Waals surface area contributed by atoms with Crippen molar-refractivity contribution >= 4 is 11.6 Å². The standard InChI is InChI=1S/C20H32O5/c1-15-16(18(22)20(25-4)19(24-3)17(15)21)13-11-9-7-5-6-8-10-12-14-23-2/h5-14H2,1-4H3. The summed E-state index contributed by atoms with van der Waals surface area (Å²) in [6, 6.07) is 0. The molecule has 1 aliphatic carbocycles. The van der Waals surface area contributed by atoms with Crippen molar-refractivity contribution in [1.82, 2.24) is 0 Å². The van der Waals surface area contributed by atoms with Crippen LogP contribution >= 0.6 is 0 Å². The monoisotopic (exact) mass is 352 g/mol. The summed E-state index contributed by atoms with van der Waals surface area (Å²) in [5, 5.41) is 0. The zero-order chi connectivity index (χ0) is 18.7. The number of rotatable bonds is 13. The van der Waals surface area contributed by atoms with E-state index in [-0.39, 0.29) is 23.1 Å². The number of ketones is 2. The Bertz CT molecular complexity index is 516. The first kappa shape index (κ1) is 21.4. The van der Waals surface area contributed by atoms with Gasteiger partial charge in [0.25, 0.3) is 0 Å². The fraction of sp³-hybridized carbons (Fsp3) is 0.700. The molecule has 0 unspecified atom stereocenters. The number of allylic oxidation sites excluding steroid dienone is 2. The lowest BCUT2D eigenvalue weighted by molar-refractivity contribution is -0.121. The highest BCUT2D eigenvalue weighted by Gasteiger charge is 2.34. The van der Waals surface area contributed by atoms with E-state index in [1.54, 1.807) is 14.0 Å². The van der Waals surface area contributed by atoms with Crippen molar-refractivity contribution in [1.29, 1.82) is 0 Å². The summed E-state index contributed by atoms with van der Waals surface area (Å²) in [5.41, 5.74) is 1.06. The van der Waals surface area contributed by atoms with Gasteiger partial charge in [-0.25, -0.2) is 0 Å². The molecule has 1 rings (SSSR count). The topological polar surface area (TPSA) is 61.8 Å². The van der Waals surface area contributed by atoms with Gasteiger partial charge in [0.05, 0.1) is 14.2 Å². The van der Waals surface area contributed by atoms with Crippen LogP contribution in [0.15, 0.2) is 22.7 Å². The van der Waals surface area contributed by atoms with E-state index in [0.717, 1.165) is 32.3 Å². The van der Waals surface area contributed by atoms with Gasteiger partial charge in [-0.15, -0.1) is 0 Å². The third-order valence-corrected chi connectivity index (χ3v) is 4.62. The molecule has 0 heterocycles. The first-order chi connectivity index (χ1) is 12.1. The van der Waals surface area contributed by atoms with Crippen molar-refractivity contribution in [3.63, 3.8) is 0 Å². The molecule has 25 heavy (non-hydrogen) atoms. The Hall–Kier alpha value is -1.62. The van der Waals surface area contributed by atoms with Crippen LogP contribution in [0.4, 0.5) is 0 Å². The van der Waals surface area contributed by atoms with Gasteiger partial charge >= 0.3 is 0 Å². The normalized spacial score (nSPS) is 15.2. The van der Waals surface area contributed by atoms with Crippen LogP contribution < -0.4 is 0 Å². The van der Waals surface area contributed by atoms with E-state index in [0.29, 0.717) is 17.6 Å². The predicted molar refractivity (Wildman–Crippen MR) is 97.2 cm³/mol. The molecule has 0 spiro atoms. The van der Waals surface area contributed by atoms with Crippen molar-refractivity contribution < 1.29 is 23.8 Å². The van der Waals surface area contributed by atoms with E-state index in [4.69, 9.17) is 14.2 Å². The molecule has 5 heteroatoms. The summed E-state index contributed by atoms with van der Waals surface area (Å²) in [6.07, 6.45) is 9.84. The van der Waals surface area contributed by atoms with E-state index < -0.39 is 0 Å².